The highest BCUT2D eigenvalue weighted by Crippen LogP contribution is 2.34. The van der Waals surface area contributed by atoms with E-state index in [1.54, 1.807) is 0 Å². The van der Waals surface area contributed by atoms with E-state index in [0.717, 1.165) is 37.5 Å². The molecule has 0 spiro atoms. The van der Waals surface area contributed by atoms with E-state index in [1.165, 1.54) is 0 Å². The van der Waals surface area contributed by atoms with Crippen molar-refractivity contribution in [2.24, 2.45) is 5.73 Å². The number of halogens is 2. The predicted octanol–water partition coefficient (Wildman–Crippen LogP) is 5.50. The lowest BCUT2D eigenvalue weighted by molar-refractivity contribution is 0.879. The van der Waals surface area contributed by atoms with Crippen LogP contribution in [0.4, 0.5) is 0 Å². The van der Waals surface area contributed by atoms with E-state index >= 15 is 0 Å². The minimum Gasteiger partial charge on any atom is -0.320 e. The summed E-state index contributed by atoms with van der Waals surface area (Å²) in [4.78, 5) is 0. The van der Waals surface area contributed by atoms with Crippen molar-refractivity contribution in [3.8, 4) is 0 Å². The van der Waals surface area contributed by atoms with Gasteiger partial charge in [-0.25, -0.2) is 0 Å². The number of hydrogen-bond donors (Lipinski definition) is 1. The smallest absolute Gasteiger partial charge is 0.0572 e. The predicted molar refractivity (Wildman–Crippen MR) is 91.2 cm³/mol. The molecule has 2 N–H and O–H groups in total. The van der Waals surface area contributed by atoms with E-state index < -0.39 is 0 Å². The maximum atomic E-state index is 6.47. The van der Waals surface area contributed by atoms with E-state index in [2.05, 4.69) is 0 Å². The summed E-state index contributed by atoms with van der Waals surface area (Å²) in [6, 6.07) is 17.6. The van der Waals surface area contributed by atoms with Gasteiger partial charge in [-0.1, -0.05) is 71.7 Å². The average Bonchev–Trinajstić information content (AvgIpc) is 2.50. The Hall–Kier alpha value is -1.54. The van der Waals surface area contributed by atoms with Gasteiger partial charge in [-0.3, -0.25) is 0 Å². The molecule has 0 heterocycles. The Bertz CT molecular complexity index is 811. The van der Waals surface area contributed by atoms with Gasteiger partial charge in [0.25, 0.3) is 0 Å². The molecule has 0 aliphatic carbocycles. The average molecular weight is 316 g/mol. The summed E-state index contributed by atoms with van der Waals surface area (Å²) in [6.45, 7) is 1.98. The molecule has 106 valence electrons. The zero-order chi connectivity index (χ0) is 15.0. The van der Waals surface area contributed by atoms with Crippen molar-refractivity contribution in [2.75, 3.05) is 0 Å². The van der Waals surface area contributed by atoms with Crippen molar-refractivity contribution >= 4 is 34.0 Å². The maximum absolute atomic E-state index is 6.47. The molecule has 0 aromatic heterocycles. The lowest BCUT2D eigenvalue weighted by atomic mass is 9.93. The second-order valence-corrected chi connectivity index (χ2v) is 5.92. The highest BCUT2D eigenvalue weighted by molar-refractivity contribution is 6.35. The standard InChI is InChI=1S/C18H15Cl2N/c1-11-5-4-8-15(17(11)20)18(21)14-9-10-16(19)13-7-3-2-6-12(13)14/h2-10,18H,21H2,1H3. The van der Waals surface area contributed by atoms with Crippen LogP contribution in [0.3, 0.4) is 0 Å². The molecule has 0 aliphatic heterocycles. The molecule has 1 unspecified atom stereocenters. The zero-order valence-corrected chi connectivity index (χ0v) is 13.1. The first kappa shape index (κ1) is 14.4. The van der Waals surface area contributed by atoms with Crippen molar-refractivity contribution < 1.29 is 0 Å². The first-order valence-electron chi connectivity index (χ1n) is 6.77. The summed E-state index contributed by atoms with van der Waals surface area (Å²) in [7, 11) is 0. The van der Waals surface area contributed by atoms with E-state index in [9.17, 15) is 0 Å². The Kier molecular flexibility index (Phi) is 3.90. The summed E-state index contributed by atoms with van der Waals surface area (Å²) in [5, 5.41) is 3.53. The second kappa shape index (κ2) is 5.69. The van der Waals surface area contributed by atoms with E-state index in [4.69, 9.17) is 28.9 Å². The summed E-state index contributed by atoms with van der Waals surface area (Å²) in [5.74, 6) is 0. The van der Waals surface area contributed by atoms with Gasteiger partial charge >= 0.3 is 0 Å². The minimum atomic E-state index is -0.278. The lowest BCUT2D eigenvalue weighted by Crippen LogP contribution is -2.13. The van der Waals surface area contributed by atoms with Gasteiger partial charge in [-0.2, -0.15) is 0 Å². The Morgan fingerprint density at radius 3 is 2.29 bits per heavy atom. The zero-order valence-electron chi connectivity index (χ0n) is 11.6. The summed E-state index contributed by atoms with van der Waals surface area (Å²) in [5.41, 5.74) is 9.47. The third kappa shape index (κ3) is 2.53. The Morgan fingerprint density at radius 1 is 0.810 bits per heavy atom. The minimum absolute atomic E-state index is 0.278. The van der Waals surface area contributed by atoms with Gasteiger partial charge in [-0.15, -0.1) is 0 Å². The van der Waals surface area contributed by atoms with E-state index in [1.807, 2.05) is 61.5 Å². The van der Waals surface area contributed by atoms with Crippen molar-refractivity contribution in [3.05, 3.63) is 81.3 Å². The van der Waals surface area contributed by atoms with Crippen molar-refractivity contribution in [1.29, 1.82) is 0 Å². The van der Waals surface area contributed by atoms with Gasteiger partial charge in [0.15, 0.2) is 0 Å². The van der Waals surface area contributed by atoms with Crippen LogP contribution in [0.2, 0.25) is 10.0 Å². The van der Waals surface area contributed by atoms with Gasteiger partial charge in [0, 0.05) is 15.4 Å². The van der Waals surface area contributed by atoms with Gasteiger partial charge in [0.2, 0.25) is 0 Å². The van der Waals surface area contributed by atoms with E-state index in [-0.39, 0.29) is 6.04 Å². The molecule has 1 atom stereocenters. The second-order valence-electron chi connectivity index (χ2n) is 5.14. The van der Waals surface area contributed by atoms with Gasteiger partial charge < -0.3 is 5.73 Å². The van der Waals surface area contributed by atoms with Crippen LogP contribution in [-0.4, -0.2) is 0 Å². The normalized spacial score (nSPS) is 12.6. The molecule has 0 amide bonds. The largest absolute Gasteiger partial charge is 0.320 e. The van der Waals surface area contributed by atoms with Crippen LogP contribution in [0.5, 0.6) is 0 Å². The van der Waals surface area contributed by atoms with Crippen LogP contribution in [0.25, 0.3) is 10.8 Å². The number of nitrogens with two attached hydrogens (primary N) is 1. The fourth-order valence-electron chi connectivity index (χ4n) is 2.63. The molecule has 3 rings (SSSR count). The Morgan fingerprint density at radius 2 is 1.52 bits per heavy atom. The Balaban J connectivity index is 2.21. The first-order valence-corrected chi connectivity index (χ1v) is 7.53. The molecule has 0 bridgehead atoms. The molecule has 1 nitrogen and oxygen atoms in total. The Labute approximate surface area is 134 Å². The summed E-state index contributed by atoms with van der Waals surface area (Å²) in [6.07, 6.45) is 0. The molecule has 3 aromatic rings. The van der Waals surface area contributed by atoms with Crippen LogP contribution in [0.1, 0.15) is 22.7 Å². The molecular formula is C18H15Cl2N. The number of aryl methyl sites for hydroxylation is 1. The SMILES string of the molecule is Cc1cccc(C(N)c2ccc(Cl)c3ccccc23)c1Cl. The van der Waals surface area contributed by atoms with Crippen LogP contribution < -0.4 is 5.73 Å². The van der Waals surface area contributed by atoms with Crippen LogP contribution >= 0.6 is 23.2 Å². The van der Waals surface area contributed by atoms with Crippen molar-refractivity contribution in [2.45, 2.75) is 13.0 Å². The molecule has 3 aromatic carbocycles. The fraction of sp³-hybridized carbons (Fsp3) is 0.111. The highest BCUT2D eigenvalue weighted by atomic mass is 35.5. The summed E-state index contributed by atoms with van der Waals surface area (Å²) < 4.78 is 0. The maximum Gasteiger partial charge on any atom is 0.0572 e. The fourth-order valence-corrected chi connectivity index (χ4v) is 3.11. The number of benzene rings is 3. The molecule has 0 radical (unpaired) electrons. The number of hydrogen-bond acceptors (Lipinski definition) is 1. The molecule has 21 heavy (non-hydrogen) atoms. The van der Waals surface area contributed by atoms with Crippen LogP contribution in [0.15, 0.2) is 54.6 Å². The number of rotatable bonds is 2. The van der Waals surface area contributed by atoms with Crippen molar-refractivity contribution in [1.82, 2.24) is 0 Å². The topological polar surface area (TPSA) is 26.0 Å². The molecule has 3 heteroatoms. The molecule has 0 saturated heterocycles. The molecular weight excluding hydrogens is 301 g/mol. The van der Waals surface area contributed by atoms with Crippen LogP contribution in [0, 0.1) is 6.92 Å². The monoisotopic (exact) mass is 315 g/mol. The quantitative estimate of drug-likeness (QED) is 0.663. The van der Waals surface area contributed by atoms with Crippen LogP contribution in [-0.2, 0) is 0 Å². The van der Waals surface area contributed by atoms with Gasteiger partial charge in [0.05, 0.1) is 6.04 Å². The molecule has 0 fully saturated rings. The third-order valence-corrected chi connectivity index (χ3v) is 4.64. The van der Waals surface area contributed by atoms with Gasteiger partial charge in [0.1, 0.15) is 0 Å². The van der Waals surface area contributed by atoms with Gasteiger partial charge in [-0.05, 0) is 35.1 Å². The molecule has 0 saturated carbocycles. The highest BCUT2D eigenvalue weighted by Gasteiger charge is 2.16. The third-order valence-electron chi connectivity index (χ3n) is 3.80. The molecule has 0 aliphatic rings. The van der Waals surface area contributed by atoms with E-state index in [0.29, 0.717) is 0 Å². The summed E-state index contributed by atoms with van der Waals surface area (Å²) >= 11 is 12.7. The van der Waals surface area contributed by atoms with Crippen molar-refractivity contribution in [3.63, 3.8) is 0 Å². The number of fused-ring (bicyclic) bond motifs is 1. The first-order chi connectivity index (χ1) is 10.1. The lowest BCUT2D eigenvalue weighted by Gasteiger charge is -2.18.